The molecule has 45 heavy (non-hydrogen) atoms. The Kier molecular flexibility index (Phi) is 7.06. The van der Waals surface area contributed by atoms with Gasteiger partial charge in [0.05, 0.1) is 5.41 Å². The zero-order valence-electron chi connectivity index (χ0n) is 26.4. The minimum atomic E-state index is -0.300. The monoisotopic (exact) mass is 581 g/mol. The molecule has 3 aliphatic rings. The third-order valence-electron chi connectivity index (χ3n) is 9.75. The number of anilines is 2. The molecule has 3 aliphatic carbocycles. The predicted octanol–water partition coefficient (Wildman–Crippen LogP) is 11.9. The van der Waals surface area contributed by atoms with Gasteiger partial charge in [0.15, 0.2) is 0 Å². The molecule has 0 bridgehead atoms. The maximum atomic E-state index is 4.24. The Balaban J connectivity index is 0.00000160. The Bertz CT molecular complexity index is 2070. The molecule has 5 aromatic rings. The first kappa shape index (κ1) is 28.6. The lowest BCUT2D eigenvalue weighted by Gasteiger charge is -2.39. The molecular formula is C44H39N. The van der Waals surface area contributed by atoms with E-state index in [1.54, 1.807) is 0 Å². The number of nitrogens with zero attached hydrogens (tertiary/aromatic N) is 1. The number of benzene rings is 5. The number of allylic oxidation sites excluding steroid dienone is 7. The molecule has 0 saturated heterocycles. The van der Waals surface area contributed by atoms with Gasteiger partial charge >= 0.3 is 0 Å². The largest absolute Gasteiger partial charge is 0.310 e. The van der Waals surface area contributed by atoms with Crippen molar-refractivity contribution in [2.75, 3.05) is 4.90 Å². The lowest BCUT2D eigenvalue weighted by Crippen LogP contribution is -2.36. The van der Waals surface area contributed by atoms with Crippen molar-refractivity contribution in [3.05, 3.63) is 187 Å². The van der Waals surface area contributed by atoms with Crippen LogP contribution >= 0.6 is 0 Å². The first-order chi connectivity index (χ1) is 22.2. The molecule has 0 saturated carbocycles. The van der Waals surface area contributed by atoms with Crippen molar-refractivity contribution in [1.29, 1.82) is 0 Å². The number of fused-ring (bicyclic) bond motifs is 11. The number of rotatable bonds is 7. The van der Waals surface area contributed by atoms with E-state index in [4.69, 9.17) is 0 Å². The summed E-state index contributed by atoms with van der Waals surface area (Å²) in [5, 5.41) is 2.44. The normalized spacial score (nSPS) is 20.1. The van der Waals surface area contributed by atoms with E-state index in [1.807, 2.05) is 26.8 Å². The average molecular weight is 582 g/mol. The molecule has 0 fully saturated rings. The molecule has 2 unspecified atom stereocenters. The van der Waals surface area contributed by atoms with Crippen LogP contribution in [0.1, 0.15) is 49.4 Å². The van der Waals surface area contributed by atoms with Crippen LogP contribution in [0, 0.1) is 5.41 Å². The molecule has 1 nitrogen and oxygen atoms in total. The van der Waals surface area contributed by atoms with Gasteiger partial charge in [-0.3, -0.25) is 0 Å². The van der Waals surface area contributed by atoms with Gasteiger partial charge < -0.3 is 4.90 Å². The van der Waals surface area contributed by atoms with Crippen LogP contribution in [0.2, 0.25) is 0 Å². The van der Waals surface area contributed by atoms with Crippen molar-refractivity contribution >= 4 is 27.7 Å². The summed E-state index contributed by atoms with van der Waals surface area (Å²) < 4.78 is 0. The van der Waals surface area contributed by atoms with E-state index in [1.165, 1.54) is 49.7 Å². The van der Waals surface area contributed by atoms with Crippen LogP contribution in [0.5, 0.6) is 0 Å². The Morgan fingerprint density at radius 3 is 2.04 bits per heavy atom. The minimum Gasteiger partial charge on any atom is -0.310 e. The second-order valence-electron chi connectivity index (χ2n) is 11.8. The van der Waals surface area contributed by atoms with Crippen molar-refractivity contribution in [2.24, 2.45) is 5.41 Å². The van der Waals surface area contributed by atoms with Crippen molar-refractivity contribution in [3.8, 4) is 11.1 Å². The highest BCUT2D eigenvalue weighted by molar-refractivity contribution is 6.02. The number of hydrogen-bond acceptors (Lipinski definition) is 1. The fraction of sp³-hybridized carbons (Fsp3) is 0.136. The molecule has 0 aromatic heterocycles. The SMILES string of the molecule is C=CCC12C=C1c1ccccc1C21c2ccccc2-c2ccc(N(/C(C=C)=C/C=C/C)c3ccc4ccccc4c3)cc21.CC. The highest BCUT2D eigenvalue weighted by Crippen LogP contribution is 2.77. The molecule has 0 radical (unpaired) electrons. The van der Waals surface area contributed by atoms with Gasteiger partial charge in [-0.15, -0.1) is 6.58 Å². The summed E-state index contributed by atoms with van der Waals surface area (Å²) in [6.07, 6.45) is 13.8. The van der Waals surface area contributed by atoms with Crippen LogP contribution in [0.4, 0.5) is 11.4 Å². The summed E-state index contributed by atoms with van der Waals surface area (Å²) in [6.45, 7) is 14.5. The Hall–Kier alpha value is -5.14. The lowest BCUT2D eigenvalue weighted by molar-refractivity contribution is 0.424. The second-order valence-corrected chi connectivity index (χ2v) is 11.8. The minimum absolute atomic E-state index is 0.103. The molecule has 0 aliphatic heterocycles. The van der Waals surface area contributed by atoms with Gasteiger partial charge in [-0.2, -0.15) is 0 Å². The highest BCUT2D eigenvalue weighted by atomic mass is 15.1. The molecule has 220 valence electrons. The number of hydrogen-bond donors (Lipinski definition) is 0. The van der Waals surface area contributed by atoms with Gasteiger partial charge in [0.25, 0.3) is 0 Å². The van der Waals surface area contributed by atoms with E-state index in [2.05, 4.69) is 158 Å². The van der Waals surface area contributed by atoms with Crippen molar-refractivity contribution in [3.63, 3.8) is 0 Å². The average Bonchev–Trinajstić information content (AvgIpc) is 3.68. The van der Waals surface area contributed by atoms with E-state index >= 15 is 0 Å². The molecule has 5 aromatic carbocycles. The molecule has 0 N–H and O–H groups in total. The Labute approximate surface area is 267 Å². The predicted molar refractivity (Wildman–Crippen MR) is 194 cm³/mol. The maximum Gasteiger partial charge on any atom is 0.0604 e. The highest BCUT2D eigenvalue weighted by Gasteiger charge is 2.69. The molecule has 0 heterocycles. The molecule has 1 heteroatoms. The zero-order chi connectivity index (χ0) is 31.2. The summed E-state index contributed by atoms with van der Waals surface area (Å²) >= 11 is 0. The quantitative estimate of drug-likeness (QED) is 0.136. The van der Waals surface area contributed by atoms with Gasteiger partial charge in [0, 0.05) is 22.5 Å². The zero-order valence-corrected chi connectivity index (χ0v) is 26.4. The van der Waals surface area contributed by atoms with Gasteiger partial charge in [-0.05, 0) is 99.5 Å². The summed E-state index contributed by atoms with van der Waals surface area (Å²) in [6, 6.07) is 40.4. The molecule has 2 atom stereocenters. The van der Waals surface area contributed by atoms with Crippen LogP contribution in [0.25, 0.3) is 27.5 Å². The Morgan fingerprint density at radius 1 is 0.689 bits per heavy atom. The molecule has 1 spiro atoms. The van der Waals surface area contributed by atoms with Crippen molar-refractivity contribution in [1.82, 2.24) is 0 Å². The summed E-state index contributed by atoms with van der Waals surface area (Å²) in [5.41, 5.74) is 12.5. The summed E-state index contributed by atoms with van der Waals surface area (Å²) in [7, 11) is 0. The third-order valence-corrected chi connectivity index (χ3v) is 9.75. The van der Waals surface area contributed by atoms with Crippen LogP contribution in [-0.2, 0) is 5.41 Å². The summed E-state index contributed by atoms with van der Waals surface area (Å²) in [5.74, 6) is 0. The standard InChI is InChI=1S/C42H33N.C2H6/c1-4-7-16-31(6-3)43(32-22-21-29-14-8-9-15-30(29)26-32)33-23-24-35-34-17-10-12-19-37(34)42(39(35)27-33)38-20-13-11-18-36(38)40-28-41(40,42)25-5-2;1-2/h4-24,26-28H,2-3,25H2,1H3;1-2H3/b7-4+,31-16+;. The van der Waals surface area contributed by atoms with Crippen molar-refractivity contribution in [2.45, 2.75) is 32.6 Å². The van der Waals surface area contributed by atoms with E-state index in [9.17, 15) is 0 Å². The maximum absolute atomic E-state index is 4.24. The first-order valence-electron chi connectivity index (χ1n) is 16.1. The smallest absolute Gasteiger partial charge is 0.0604 e. The van der Waals surface area contributed by atoms with Gasteiger partial charge in [0.2, 0.25) is 0 Å². The van der Waals surface area contributed by atoms with Crippen LogP contribution < -0.4 is 4.90 Å². The van der Waals surface area contributed by atoms with Crippen molar-refractivity contribution < 1.29 is 0 Å². The van der Waals surface area contributed by atoms with E-state index < -0.39 is 0 Å². The van der Waals surface area contributed by atoms with Crippen LogP contribution in [-0.4, -0.2) is 0 Å². The van der Waals surface area contributed by atoms with E-state index in [-0.39, 0.29) is 10.8 Å². The fourth-order valence-electron chi connectivity index (χ4n) is 8.04. The first-order valence-corrected chi connectivity index (χ1v) is 16.1. The lowest BCUT2D eigenvalue weighted by atomic mass is 9.62. The third kappa shape index (κ3) is 3.93. The van der Waals surface area contributed by atoms with Gasteiger partial charge in [-0.25, -0.2) is 0 Å². The molecule has 0 amide bonds. The molecular weight excluding hydrogens is 542 g/mol. The topological polar surface area (TPSA) is 3.24 Å². The molecule has 8 rings (SSSR count). The second kappa shape index (κ2) is 11.1. The fourth-order valence-corrected chi connectivity index (χ4v) is 8.04. The van der Waals surface area contributed by atoms with Crippen LogP contribution in [0.3, 0.4) is 0 Å². The van der Waals surface area contributed by atoms with Gasteiger partial charge in [-0.1, -0.05) is 130 Å². The van der Waals surface area contributed by atoms with Crippen LogP contribution in [0.15, 0.2) is 165 Å². The van der Waals surface area contributed by atoms with E-state index in [0.717, 1.165) is 23.5 Å². The summed E-state index contributed by atoms with van der Waals surface area (Å²) in [4.78, 5) is 2.35. The van der Waals surface area contributed by atoms with E-state index in [0.29, 0.717) is 0 Å². The Morgan fingerprint density at radius 2 is 1.31 bits per heavy atom. The van der Waals surface area contributed by atoms with Gasteiger partial charge in [0.1, 0.15) is 0 Å².